The van der Waals surface area contributed by atoms with Crippen LogP contribution in [-0.4, -0.2) is 15.6 Å². The molecule has 0 saturated heterocycles. The molecule has 28 heavy (non-hydrogen) atoms. The average molecular weight is 391 g/mol. The molecule has 0 amide bonds. The zero-order chi connectivity index (χ0) is 19.9. The number of aryl methyl sites for hydroxylation is 1. The zero-order valence-corrected chi connectivity index (χ0v) is 15.4. The van der Waals surface area contributed by atoms with Crippen molar-refractivity contribution in [2.24, 2.45) is 15.3 Å². The molecule has 1 aromatic heterocycles. The molecule has 0 bridgehead atoms. The number of nitro groups is 1. The molecule has 0 unspecified atom stereocenters. The number of benzene rings is 2. The molecular formula is C18H13N7O2S. The molecule has 0 spiro atoms. The zero-order valence-electron chi connectivity index (χ0n) is 14.6. The average Bonchev–Trinajstić information content (AvgIpc) is 3.08. The van der Waals surface area contributed by atoms with Crippen LogP contribution >= 0.6 is 11.3 Å². The molecule has 3 aromatic rings. The number of hydrogen-bond donors (Lipinski definition) is 1. The fourth-order valence-corrected chi connectivity index (χ4v) is 2.97. The lowest BCUT2D eigenvalue weighted by Crippen LogP contribution is -2.03. The number of nitrogens with zero attached hydrogens (tertiary/aromatic N) is 6. The first kappa shape index (κ1) is 18.8. The van der Waals surface area contributed by atoms with Crippen molar-refractivity contribution < 1.29 is 4.92 Å². The van der Waals surface area contributed by atoms with Crippen molar-refractivity contribution in [1.82, 2.24) is 4.98 Å². The van der Waals surface area contributed by atoms with Gasteiger partial charge in [0.25, 0.3) is 5.69 Å². The second-order valence-electron chi connectivity index (χ2n) is 5.40. The van der Waals surface area contributed by atoms with Crippen molar-refractivity contribution in [3.05, 3.63) is 75.4 Å². The van der Waals surface area contributed by atoms with Crippen LogP contribution in [0.5, 0.6) is 0 Å². The van der Waals surface area contributed by atoms with E-state index in [9.17, 15) is 15.4 Å². The minimum Gasteiger partial charge on any atom is -0.270 e. The van der Waals surface area contributed by atoms with Gasteiger partial charge in [0.1, 0.15) is 11.8 Å². The summed E-state index contributed by atoms with van der Waals surface area (Å²) in [7, 11) is 0. The van der Waals surface area contributed by atoms with E-state index in [4.69, 9.17) is 0 Å². The second kappa shape index (κ2) is 8.61. The number of thiazole rings is 1. The molecule has 1 heterocycles. The summed E-state index contributed by atoms with van der Waals surface area (Å²) in [6.45, 7) is 1.75. The van der Waals surface area contributed by atoms with Gasteiger partial charge in [0.2, 0.25) is 0 Å². The number of nitro benzene ring substituents is 1. The van der Waals surface area contributed by atoms with E-state index in [1.54, 1.807) is 19.1 Å². The van der Waals surface area contributed by atoms with E-state index in [1.807, 2.05) is 36.4 Å². The van der Waals surface area contributed by atoms with Crippen LogP contribution in [0.2, 0.25) is 0 Å². The van der Waals surface area contributed by atoms with Gasteiger partial charge in [0, 0.05) is 6.07 Å². The number of anilines is 1. The fraction of sp³-hybridized carbons (Fsp3) is 0.0556. The normalized spacial score (nSPS) is 11.4. The summed E-state index contributed by atoms with van der Waals surface area (Å²) >= 11 is 1.16. The number of aromatic nitrogens is 1. The molecule has 3 rings (SSSR count). The maximum atomic E-state index is 11.1. The van der Waals surface area contributed by atoms with Crippen LogP contribution in [0.3, 0.4) is 0 Å². The SMILES string of the molecule is Cc1nc(C(C#N)=NNc2ccccc2[N+](=O)[O-])sc1N=Nc1ccccc1. The molecule has 2 aromatic carbocycles. The van der Waals surface area contributed by atoms with E-state index >= 15 is 0 Å². The molecular weight excluding hydrogens is 378 g/mol. The van der Waals surface area contributed by atoms with Gasteiger partial charge in [-0.25, -0.2) is 4.98 Å². The molecule has 0 radical (unpaired) electrons. The molecule has 0 saturated carbocycles. The Morgan fingerprint density at radius 3 is 2.61 bits per heavy atom. The number of nitrogens with one attached hydrogen (secondary N) is 1. The Morgan fingerprint density at radius 2 is 1.89 bits per heavy atom. The van der Waals surface area contributed by atoms with Crippen LogP contribution in [0, 0.1) is 28.4 Å². The lowest BCUT2D eigenvalue weighted by molar-refractivity contribution is -0.384. The van der Waals surface area contributed by atoms with Gasteiger partial charge in [-0.05, 0) is 25.1 Å². The predicted octanol–water partition coefficient (Wildman–Crippen LogP) is 5.11. The van der Waals surface area contributed by atoms with Crippen LogP contribution in [0.15, 0.2) is 69.9 Å². The van der Waals surface area contributed by atoms with Crippen LogP contribution in [-0.2, 0) is 0 Å². The van der Waals surface area contributed by atoms with Gasteiger partial charge in [-0.1, -0.05) is 41.7 Å². The number of nitriles is 1. The van der Waals surface area contributed by atoms with Gasteiger partial charge < -0.3 is 0 Å². The topological polar surface area (TPSA) is 129 Å². The number of para-hydroxylation sites is 2. The molecule has 0 aliphatic heterocycles. The Morgan fingerprint density at radius 1 is 1.18 bits per heavy atom. The summed E-state index contributed by atoms with van der Waals surface area (Å²) in [5.74, 6) is 0. The lowest BCUT2D eigenvalue weighted by atomic mass is 10.3. The van der Waals surface area contributed by atoms with Gasteiger partial charge in [0.15, 0.2) is 15.7 Å². The molecule has 0 aliphatic carbocycles. The van der Waals surface area contributed by atoms with E-state index in [2.05, 4.69) is 25.7 Å². The number of hydrazone groups is 1. The third-order valence-corrected chi connectivity index (χ3v) is 4.53. The van der Waals surface area contributed by atoms with Crippen molar-refractivity contribution in [3.8, 4) is 6.07 Å². The lowest BCUT2D eigenvalue weighted by Gasteiger charge is -2.01. The van der Waals surface area contributed by atoms with Crippen LogP contribution < -0.4 is 5.43 Å². The molecule has 9 nitrogen and oxygen atoms in total. The van der Waals surface area contributed by atoms with Crippen molar-refractivity contribution in [2.45, 2.75) is 6.92 Å². The number of azo groups is 1. The Bertz CT molecular complexity index is 1100. The maximum absolute atomic E-state index is 11.1. The smallest absolute Gasteiger partial charge is 0.270 e. The van der Waals surface area contributed by atoms with Gasteiger partial charge >= 0.3 is 0 Å². The Kier molecular flexibility index (Phi) is 5.78. The second-order valence-corrected chi connectivity index (χ2v) is 6.38. The highest BCUT2D eigenvalue weighted by Crippen LogP contribution is 2.30. The standard InChI is InChI=1S/C18H13N7O2S/c1-12-17(24-21-13-7-3-2-4-8-13)28-18(20-12)15(11-19)23-22-14-9-5-6-10-16(14)25(26)27/h2-10,22H,1H3. The van der Waals surface area contributed by atoms with Crippen LogP contribution in [0.4, 0.5) is 22.1 Å². The monoisotopic (exact) mass is 391 g/mol. The van der Waals surface area contributed by atoms with Gasteiger partial charge in [0.05, 0.1) is 16.3 Å². The first-order valence-electron chi connectivity index (χ1n) is 8.00. The minimum absolute atomic E-state index is 0.00703. The van der Waals surface area contributed by atoms with E-state index in [1.165, 1.54) is 12.1 Å². The van der Waals surface area contributed by atoms with Crippen molar-refractivity contribution in [1.29, 1.82) is 5.26 Å². The van der Waals surface area contributed by atoms with Crippen molar-refractivity contribution in [2.75, 3.05) is 5.43 Å². The maximum Gasteiger partial charge on any atom is 0.294 e. The highest BCUT2D eigenvalue weighted by atomic mass is 32.1. The molecule has 0 fully saturated rings. The van der Waals surface area contributed by atoms with Crippen LogP contribution in [0.1, 0.15) is 10.7 Å². The van der Waals surface area contributed by atoms with Gasteiger partial charge in [-0.3, -0.25) is 15.5 Å². The summed E-state index contributed by atoms with van der Waals surface area (Å²) < 4.78 is 0. The molecule has 138 valence electrons. The quantitative estimate of drug-likeness (QED) is 0.270. The van der Waals surface area contributed by atoms with E-state index in [0.717, 1.165) is 11.3 Å². The van der Waals surface area contributed by atoms with Gasteiger partial charge in [-0.15, -0.1) is 10.2 Å². The highest BCUT2D eigenvalue weighted by Gasteiger charge is 2.15. The van der Waals surface area contributed by atoms with Crippen molar-refractivity contribution in [3.63, 3.8) is 0 Å². The van der Waals surface area contributed by atoms with Crippen LogP contribution in [0.25, 0.3) is 0 Å². The van der Waals surface area contributed by atoms with Gasteiger partial charge in [-0.2, -0.15) is 10.4 Å². The third kappa shape index (κ3) is 4.40. The first-order chi connectivity index (χ1) is 13.6. The molecule has 1 N–H and O–H groups in total. The third-order valence-electron chi connectivity index (χ3n) is 3.48. The van der Waals surface area contributed by atoms with Crippen molar-refractivity contribution >= 4 is 39.1 Å². The predicted molar refractivity (Wildman–Crippen MR) is 106 cm³/mol. The number of rotatable bonds is 6. The molecule has 10 heteroatoms. The summed E-state index contributed by atoms with van der Waals surface area (Å²) in [5.41, 5.74) is 3.90. The first-order valence-corrected chi connectivity index (χ1v) is 8.82. The summed E-state index contributed by atoms with van der Waals surface area (Å²) in [6.07, 6.45) is 0. The Balaban J connectivity index is 1.84. The highest BCUT2D eigenvalue weighted by molar-refractivity contribution is 7.17. The van der Waals surface area contributed by atoms with E-state index < -0.39 is 4.92 Å². The Labute approximate surface area is 163 Å². The Hall–Kier alpha value is -3.97. The summed E-state index contributed by atoms with van der Waals surface area (Å²) in [4.78, 5) is 14.8. The molecule has 0 aliphatic rings. The summed E-state index contributed by atoms with van der Waals surface area (Å²) in [6, 6.07) is 17.2. The minimum atomic E-state index is -0.528. The number of hydrogen-bond acceptors (Lipinski definition) is 9. The molecule has 0 atom stereocenters. The van der Waals surface area contributed by atoms with E-state index in [-0.39, 0.29) is 17.1 Å². The van der Waals surface area contributed by atoms with E-state index in [0.29, 0.717) is 21.4 Å². The fourth-order valence-electron chi connectivity index (χ4n) is 2.14. The largest absolute Gasteiger partial charge is 0.294 e. The summed E-state index contributed by atoms with van der Waals surface area (Å²) in [5, 5.41) is 33.6.